The molecule has 156 valence electrons. The summed E-state index contributed by atoms with van der Waals surface area (Å²) in [5.41, 5.74) is 4.70. The van der Waals surface area contributed by atoms with Gasteiger partial charge in [0.2, 0.25) is 0 Å². The first-order chi connectivity index (χ1) is 15.0. The molecule has 1 N–H and O–H groups in total. The number of anilines is 1. The van der Waals surface area contributed by atoms with E-state index in [0.717, 1.165) is 63.8 Å². The van der Waals surface area contributed by atoms with Gasteiger partial charge in [-0.25, -0.2) is 18.7 Å². The number of hydrogen-bond acceptors (Lipinski definition) is 5. The monoisotopic (exact) mass is 453 g/mol. The molecule has 2 aromatic heterocycles. The van der Waals surface area contributed by atoms with Gasteiger partial charge in [0.25, 0.3) is 5.91 Å². The molecule has 1 amide bonds. The van der Waals surface area contributed by atoms with Crippen molar-refractivity contribution in [1.29, 1.82) is 0 Å². The Labute approximate surface area is 185 Å². The van der Waals surface area contributed by atoms with Crippen LogP contribution in [0, 0.1) is 18.6 Å². The summed E-state index contributed by atoms with van der Waals surface area (Å²) in [6.07, 6.45) is 2.59. The molecule has 0 atom stereocenters. The van der Waals surface area contributed by atoms with Crippen LogP contribution in [-0.2, 0) is 12.8 Å². The highest BCUT2D eigenvalue weighted by Crippen LogP contribution is 2.42. The SMILES string of the molecule is Cc1csc(-c2cccc3c2CCCc2nc(NC(=O)c4c(F)cccc4F)sc2-3)n1. The normalized spacial score (nSPS) is 12.7. The predicted molar refractivity (Wildman–Crippen MR) is 120 cm³/mol. The first-order valence-corrected chi connectivity index (χ1v) is 11.5. The van der Waals surface area contributed by atoms with Gasteiger partial charge in [0.15, 0.2) is 5.13 Å². The fraction of sp³-hybridized carbons (Fsp3) is 0.174. The van der Waals surface area contributed by atoms with Gasteiger partial charge in [0.1, 0.15) is 22.2 Å². The highest BCUT2D eigenvalue weighted by molar-refractivity contribution is 7.19. The fourth-order valence-electron chi connectivity index (χ4n) is 3.84. The second-order valence-corrected chi connectivity index (χ2v) is 9.18. The quantitative estimate of drug-likeness (QED) is 0.398. The van der Waals surface area contributed by atoms with E-state index in [9.17, 15) is 13.6 Å². The van der Waals surface area contributed by atoms with Gasteiger partial charge >= 0.3 is 0 Å². The van der Waals surface area contributed by atoms with Crippen molar-refractivity contribution in [3.05, 3.63) is 75.9 Å². The molecule has 0 saturated heterocycles. The summed E-state index contributed by atoms with van der Waals surface area (Å²) in [6.45, 7) is 1.98. The molecule has 0 radical (unpaired) electrons. The number of aryl methyl sites for hydroxylation is 2. The average Bonchev–Trinajstić information content (AvgIpc) is 3.30. The van der Waals surface area contributed by atoms with E-state index in [1.165, 1.54) is 23.0 Å². The summed E-state index contributed by atoms with van der Waals surface area (Å²) in [5, 5.41) is 5.94. The van der Waals surface area contributed by atoms with Crippen LogP contribution < -0.4 is 5.32 Å². The van der Waals surface area contributed by atoms with E-state index >= 15 is 0 Å². The Morgan fingerprint density at radius 1 is 1.03 bits per heavy atom. The number of benzene rings is 2. The lowest BCUT2D eigenvalue weighted by molar-refractivity contribution is 0.101. The Morgan fingerprint density at radius 2 is 1.77 bits per heavy atom. The molecule has 4 aromatic rings. The minimum absolute atomic E-state index is 0.334. The molecule has 0 aliphatic heterocycles. The van der Waals surface area contributed by atoms with Gasteiger partial charge < -0.3 is 0 Å². The molecule has 0 bridgehead atoms. The Hall–Kier alpha value is -2.97. The van der Waals surface area contributed by atoms with Crippen LogP contribution in [0.5, 0.6) is 0 Å². The first kappa shape index (κ1) is 20.0. The summed E-state index contributed by atoms with van der Waals surface area (Å²) in [4.78, 5) is 22.7. The number of hydrogen-bond donors (Lipinski definition) is 1. The van der Waals surface area contributed by atoms with Crippen molar-refractivity contribution in [1.82, 2.24) is 9.97 Å². The van der Waals surface area contributed by atoms with E-state index in [2.05, 4.69) is 27.4 Å². The highest BCUT2D eigenvalue weighted by Gasteiger charge is 2.24. The molecule has 0 spiro atoms. The minimum Gasteiger partial charge on any atom is -0.298 e. The summed E-state index contributed by atoms with van der Waals surface area (Å²) >= 11 is 2.96. The van der Waals surface area contributed by atoms with Crippen molar-refractivity contribution in [3.63, 3.8) is 0 Å². The minimum atomic E-state index is -0.899. The number of rotatable bonds is 3. The maximum Gasteiger partial charge on any atom is 0.263 e. The third-order valence-electron chi connectivity index (χ3n) is 5.22. The summed E-state index contributed by atoms with van der Waals surface area (Å²) in [5.74, 6) is -2.64. The van der Waals surface area contributed by atoms with Gasteiger partial charge in [-0.3, -0.25) is 10.1 Å². The van der Waals surface area contributed by atoms with Gasteiger partial charge in [-0.2, -0.15) is 0 Å². The number of carbonyl (C=O) groups is 1. The van der Waals surface area contributed by atoms with Crippen molar-refractivity contribution in [2.24, 2.45) is 0 Å². The molecule has 1 aliphatic carbocycles. The Morgan fingerprint density at radius 3 is 2.52 bits per heavy atom. The predicted octanol–water partition coefficient (Wildman–Crippen LogP) is 6.26. The number of carbonyl (C=O) groups excluding carboxylic acids is 1. The lowest BCUT2D eigenvalue weighted by Gasteiger charge is -2.10. The van der Waals surface area contributed by atoms with Crippen molar-refractivity contribution < 1.29 is 13.6 Å². The van der Waals surface area contributed by atoms with Crippen molar-refractivity contribution >= 4 is 33.7 Å². The second-order valence-electron chi connectivity index (χ2n) is 7.32. The van der Waals surface area contributed by atoms with Crippen LogP contribution in [-0.4, -0.2) is 15.9 Å². The van der Waals surface area contributed by atoms with E-state index in [1.54, 1.807) is 11.3 Å². The molecular weight excluding hydrogens is 436 g/mol. The zero-order chi connectivity index (χ0) is 21.5. The van der Waals surface area contributed by atoms with Crippen LogP contribution in [0.4, 0.5) is 13.9 Å². The number of thiazole rings is 2. The smallest absolute Gasteiger partial charge is 0.263 e. The van der Waals surface area contributed by atoms with Gasteiger partial charge in [-0.1, -0.05) is 35.6 Å². The van der Waals surface area contributed by atoms with E-state index in [4.69, 9.17) is 0 Å². The molecule has 4 nitrogen and oxygen atoms in total. The first-order valence-electron chi connectivity index (χ1n) is 9.81. The molecule has 5 rings (SSSR count). The van der Waals surface area contributed by atoms with Crippen LogP contribution in [0.25, 0.3) is 21.0 Å². The number of nitrogens with zero attached hydrogens (tertiary/aromatic N) is 2. The maximum absolute atomic E-state index is 14.0. The van der Waals surface area contributed by atoms with Crippen molar-refractivity contribution in [2.45, 2.75) is 26.2 Å². The topological polar surface area (TPSA) is 54.9 Å². The number of amides is 1. The number of nitrogens with one attached hydrogen (secondary N) is 1. The Bertz CT molecular complexity index is 1290. The number of aromatic nitrogens is 2. The van der Waals surface area contributed by atoms with E-state index in [1.807, 2.05) is 18.4 Å². The van der Waals surface area contributed by atoms with Gasteiger partial charge in [0.05, 0.1) is 10.6 Å². The number of halogens is 2. The molecule has 0 fully saturated rings. The molecule has 2 aromatic carbocycles. The highest BCUT2D eigenvalue weighted by atomic mass is 32.1. The van der Waals surface area contributed by atoms with Crippen LogP contribution >= 0.6 is 22.7 Å². The zero-order valence-corrected chi connectivity index (χ0v) is 18.2. The van der Waals surface area contributed by atoms with E-state index in [0.29, 0.717) is 5.13 Å². The molecular formula is C23H17F2N3OS2. The zero-order valence-electron chi connectivity index (χ0n) is 16.5. The standard InChI is InChI=1S/C23H17F2N3OS2/c1-12-11-30-22(26-12)15-7-2-6-14-13(15)5-3-10-18-20(14)31-23(27-18)28-21(29)19-16(24)8-4-9-17(19)25/h2,4,6-9,11H,3,5,10H2,1H3,(H,27,28,29). The van der Waals surface area contributed by atoms with Gasteiger partial charge in [-0.05, 0) is 49.4 Å². The largest absolute Gasteiger partial charge is 0.298 e. The molecule has 0 unspecified atom stereocenters. The third-order valence-corrected chi connectivity index (χ3v) is 7.26. The maximum atomic E-state index is 14.0. The molecule has 0 saturated carbocycles. The summed E-state index contributed by atoms with van der Waals surface area (Å²) < 4.78 is 27.9. The Kier molecular flexibility index (Phi) is 5.11. The summed E-state index contributed by atoms with van der Waals surface area (Å²) in [7, 11) is 0. The average molecular weight is 454 g/mol. The van der Waals surface area contributed by atoms with Crippen molar-refractivity contribution in [3.8, 4) is 21.0 Å². The lowest BCUT2D eigenvalue weighted by Crippen LogP contribution is -2.15. The summed E-state index contributed by atoms with van der Waals surface area (Å²) in [6, 6.07) is 9.51. The Balaban J connectivity index is 1.52. The molecule has 1 aliphatic rings. The van der Waals surface area contributed by atoms with Crippen LogP contribution in [0.15, 0.2) is 41.8 Å². The van der Waals surface area contributed by atoms with Crippen LogP contribution in [0.1, 0.15) is 33.7 Å². The fourth-order valence-corrected chi connectivity index (χ4v) is 5.75. The van der Waals surface area contributed by atoms with Crippen LogP contribution in [0.3, 0.4) is 0 Å². The van der Waals surface area contributed by atoms with Gasteiger partial charge in [-0.15, -0.1) is 11.3 Å². The molecule has 2 heterocycles. The molecule has 31 heavy (non-hydrogen) atoms. The lowest BCUT2D eigenvalue weighted by atomic mass is 9.98. The van der Waals surface area contributed by atoms with E-state index < -0.39 is 23.1 Å². The number of fused-ring (bicyclic) bond motifs is 3. The van der Waals surface area contributed by atoms with Crippen LogP contribution in [0.2, 0.25) is 0 Å². The second kappa shape index (κ2) is 7.94. The van der Waals surface area contributed by atoms with E-state index in [-0.39, 0.29) is 0 Å². The molecule has 8 heteroatoms. The van der Waals surface area contributed by atoms with Crippen molar-refractivity contribution in [2.75, 3.05) is 5.32 Å². The third kappa shape index (κ3) is 3.66. The van der Waals surface area contributed by atoms with Gasteiger partial charge in [0, 0.05) is 16.6 Å².